The molecule has 1 aliphatic heterocycles. The van der Waals surface area contributed by atoms with Crippen molar-refractivity contribution in [1.82, 2.24) is 4.90 Å². The highest BCUT2D eigenvalue weighted by Gasteiger charge is 2.26. The van der Waals surface area contributed by atoms with Gasteiger partial charge >= 0.3 is 0 Å². The number of thioether (sulfide) groups is 2. The monoisotopic (exact) mass is 321 g/mol. The molecule has 1 aromatic rings. The molecular weight excluding hydrogens is 298 g/mol. The topological polar surface area (TPSA) is 20.3 Å². The Labute approximate surface area is 136 Å². The zero-order valence-corrected chi connectivity index (χ0v) is 14.2. The number of hydrogen-bond acceptors (Lipinski definition) is 3. The maximum Gasteiger partial charge on any atom is 0.254 e. The van der Waals surface area contributed by atoms with Crippen LogP contribution in [0, 0.1) is 0 Å². The highest BCUT2D eigenvalue weighted by atomic mass is 32.2. The summed E-state index contributed by atoms with van der Waals surface area (Å²) in [6.07, 6.45) is 4.88. The minimum atomic E-state index is 0.211. The molecule has 114 valence electrons. The largest absolute Gasteiger partial charge is 0.336 e. The summed E-state index contributed by atoms with van der Waals surface area (Å²) in [5, 5.41) is 0. The summed E-state index contributed by atoms with van der Waals surface area (Å²) in [5.74, 6) is 2.69. The quantitative estimate of drug-likeness (QED) is 0.810. The molecule has 1 saturated carbocycles. The van der Waals surface area contributed by atoms with E-state index in [-0.39, 0.29) is 5.91 Å². The van der Waals surface area contributed by atoms with Crippen molar-refractivity contribution in [3.8, 4) is 0 Å². The molecule has 0 spiro atoms. The van der Waals surface area contributed by atoms with Gasteiger partial charge in [-0.2, -0.15) is 0 Å². The van der Waals surface area contributed by atoms with Gasteiger partial charge in [-0.15, -0.1) is 23.5 Å². The predicted molar refractivity (Wildman–Crippen MR) is 93.1 cm³/mol. The van der Waals surface area contributed by atoms with E-state index in [0.717, 1.165) is 12.1 Å². The van der Waals surface area contributed by atoms with Crippen molar-refractivity contribution in [1.29, 1.82) is 0 Å². The Morgan fingerprint density at radius 1 is 1.14 bits per heavy atom. The van der Waals surface area contributed by atoms with Gasteiger partial charge in [-0.25, -0.2) is 0 Å². The smallest absolute Gasteiger partial charge is 0.254 e. The molecule has 4 heteroatoms. The van der Waals surface area contributed by atoms with Crippen molar-refractivity contribution in [3.05, 3.63) is 35.4 Å². The van der Waals surface area contributed by atoms with Crippen LogP contribution in [0.25, 0.3) is 0 Å². The van der Waals surface area contributed by atoms with Crippen LogP contribution < -0.4 is 0 Å². The number of rotatable bonds is 4. The molecule has 1 aliphatic carbocycles. The Balaban J connectivity index is 1.71. The summed E-state index contributed by atoms with van der Waals surface area (Å²) >= 11 is 4.02. The predicted octanol–water partition coefficient (Wildman–Crippen LogP) is 4.57. The van der Waals surface area contributed by atoms with Gasteiger partial charge < -0.3 is 4.90 Å². The lowest BCUT2D eigenvalue weighted by molar-refractivity contribution is 0.0693. The first-order valence-corrected chi connectivity index (χ1v) is 10.0. The maximum atomic E-state index is 12.7. The first-order valence-electron chi connectivity index (χ1n) is 7.93. The molecule has 21 heavy (non-hydrogen) atoms. The SMILES string of the molecule is CCN(C(=O)c1ccc(C2SCCS2)cc1)C1CCCC1. The number of amides is 1. The van der Waals surface area contributed by atoms with Crippen LogP contribution in [0.4, 0.5) is 0 Å². The fourth-order valence-corrected chi connectivity index (χ4v) is 6.14. The van der Waals surface area contributed by atoms with Gasteiger partial charge in [0.15, 0.2) is 0 Å². The molecular formula is C17H23NOS2. The van der Waals surface area contributed by atoms with Gasteiger partial charge in [0.05, 0.1) is 4.58 Å². The van der Waals surface area contributed by atoms with Crippen LogP contribution in [0.5, 0.6) is 0 Å². The lowest BCUT2D eigenvalue weighted by Crippen LogP contribution is -2.38. The number of nitrogens with zero attached hydrogens (tertiary/aromatic N) is 1. The van der Waals surface area contributed by atoms with Crippen molar-refractivity contribution in [2.24, 2.45) is 0 Å². The van der Waals surface area contributed by atoms with Crippen LogP contribution in [-0.2, 0) is 0 Å². The lowest BCUT2D eigenvalue weighted by Gasteiger charge is -2.27. The van der Waals surface area contributed by atoms with E-state index in [1.165, 1.54) is 42.8 Å². The average Bonchev–Trinajstić information content (AvgIpc) is 3.22. The molecule has 3 rings (SSSR count). The summed E-state index contributed by atoms with van der Waals surface area (Å²) in [7, 11) is 0. The molecule has 2 nitrogen and oxygen atoms in total. The van der Waals surface area contributed by atoms with Gasteiger partial charge in [-0.1, -0.05) is 25.0 Å². The minimum absolute atomic E-state index is 0.211. The fourth-order valence-electron chi connectivity index (χ4n) is 3.28. The molecule has 1 heterocycles. The van der Waals surface area contributed by atoms with Crippen molar-refractivity contribution in [2.45, 2.75) is 43.2 Å². The Bertz CT molecular complexity index is 476. The zero-order chi connectivity index (χ0) is 14.7. The molecule has 1 aromatic carbocycles. The van der Waals surface area contributed by atoms with Gasteiger partial charge in [-0.3, -0.25) is 4.79 Å². The van der Waals surface area contributed by atoms with Crippen LogP contribution in [0.3, 0.4) is 0 Å². The number of hydrogen-bond donors (Lipinski definition) is 0. The molecule has 0 bridgehead atoms. The van der Waals surface area contributed by atoms with E-state index in [4.69, 9.17) is 0 Å². The molecule has 0 unspecified atom stereocenters. The van der Waals surface area contributed by atoms with E-state index in [1.807, 2.05) is 35.7 Å². The van der Waals surface area contributed by atoms with Gasteiger partial charge in [0.2, 0.25) is 0 Å². The van der Waals surface area contributed by atoms with E-state index in [2.05, 4.69) is 24.0 Å². The van der Waals surface area contributed by atoms with Crippen molar-refractivity contribution < 1.29 is 4.79 Å². The minimum Gasteiger partial charge on any atom is -0.336 e. The molecule has 0 N–H and O–H groups in total. The Kier molecular flexibility index (Phi) is 5.17. The summed E-state index contributed by atoms with van der Waals surface area (Å²) in [4.78, 5) is 14.8. The highest BCUT2D eigenvalue weighted by Crippen LogP contribution is 2.45. The van der Waals surface area contributed by atoms with Crippen LogP contribution >= 0.6 is 23.5 Å². The van der Waals surface area contributed by atoms with Gasteiger partial charge in [-0.05, 0) is 37.5 Å². The fraction of sp³-hybridized carbons (Fsp3) is 0.588. The van der Waals surface area contributed by atoms with Gasteiger partial charge in [0.1, 0.15) is 0 Å². The highest BCUT2D eigenvalue weighted by molar-refractivity contribution is 8.19. The second kappa shape index (κ2) is 7.10. The second-order valence-electron chi connectivity index (χ2n) is 5.72. The first-order chi connectivity index (χ1) is 10.3. The molecule has 1 amide bonds. The van der Waals surface area contributed by atoms with Crippen molar-refractivity contribution in [2.75, 3.05) is 18.1 Å². The summed E-state index contributed by atoms with van der Waals surface area (Å²) in [6.45, 7) is 2.91. The van der Waals surface area contributed by atoms with E-state index in [9.17, 15) is 4.79 Å². The first kappa shape index (κ1) is 15.3. The third-order valence-electron chi connectivity index (χ3n) is 4.42. The number of carbonyl (C=O) groups is 1. The van der Waals surface area contributed by atoms with Crippen molar-refractivity contribution >= 4 is 29.4 Å². The van der Waals surface area contributed by atoms with Gasteiger partial charge in [0.25, 0.3) is 5.91 Å². The number of benzene rings is 1. The summed E-state index contributed by atoms with van der Waals surface area (Å²) in [6, 6.07) is 8.80. The molecule has 0 aromatic heterocycles. The lowest BCUT2D eigenvalue weighted by atomic mass is 10.1. The van der Waals surface area contributed by atoms with Crippen LogP contribution in [0.15, 0.2) is 24.3 Å². The van der Waals surface area contributed by atoms with E-state index >= 15 is 0 Å². The Hall–Kier alpha value is -0.610. The van der Waals surface area contributed by atoms with E-state index in [1.54, 1.807) is 0 Å². The Morgan fingerprint density at radius 3 is 2.33 bits per heavy atom. The van der Waals surface area contributed by atoms with Crippen molar-refractivity contribution in [3.63, 3.8) is 0 Å². The molecule has 0 radical (unpaired) electrons. The average molecular weight is 322 g/mol. The third-order valence-corrected chi connectivity index (χ3v) is 7.52. The van der Waals surface area contributed by atoms with E-state index < -0.39 is 0 Å². The molecule has 0 atom stereocenters. The third kappa shape index (κ3) is 3.42. The normalized spacial score (nSPS) is 20.0. The summed E-state index contributed by atoms with van der Waals surface area (Å²) < 4.78 is 0.561. The number of carbonyl (C=O) groups excluding carboxylic acids is 1. The Morgan fingerprint density at radius 2 is 1.76 bits per heavy atom. The molecule has 2 fully saturated rings. The second-order valence-corrected chi connectivity index (χ2v) is 8.45. The van der Waals surface area contributed by atoms with Crippen LogP contribution in [-0.4, -0.2) is 34.9 Å². The molecule has 1 saturated heterocycles. The van der Waals surface area contributed by atoms with Gasteiger partial charge in [0, 0.05) is 29.7 Å². The zero-order valence-electron chi connectivity index (χ0n) is 12.6. The van der Waals surface area contributed by atoms with Crippen LogP contribution in [0.1, 0.15) is 53.1 Å². The molecule has 2 aliphatic rings. The van der Waals surface area contributed by atoms with E-state index in [0.29, 0.717) is 10.6 Å². The standard InChI is InChI=1S/C17H23NOS2/c1-2-18(15-5-3-4-6-15)16(19)13-7-9-14(10-8-13)17-20-11-12-21-17/h7-10,15,17H,2-6,11-12H2,1H3. The maximum absolute atomic E-state index is 12.7. The van der Waals surface area contributed by atoms with Crippen LogP contribution in [0.2, 0.25) is 0 Å². The summed E-state index contributed by atoms with van der Waals surface area (Å²) in [5.41, 5.74) is 2.20.